The number of amides is 3. The number of aryl methyl sites for hydroxylation is 2. The minimum Gasteiger partial charge on any atom is -0.493 e. The molecule has 0 aliphatic heterocycles. The first kappa shape index (κ1) is 36.7. The Balaban J connectivity index is 1.28. The fourth-order valence-corrected chi connectivity index (χ4v) is 6.71. The number of aromatic nitrogens is 1. The fraction of sp³-hybridized carbons (Fsp3) is 0.179. The van der Waals surface area contributed by atoms with Crippen molar-refractivity contribution in [3.63, 3.8) is 0 Å². The average Bonchev–Trinajstić information content (AvgIpc) is 3.51. The van der Waals surface area contributed by atoms with E-state index in [2.05, 4.69) is 20.9 Å². The molecule has 0 bridgehead atoms. The van der Waals surface area contributed by atoms with E-state index in [1.807, 2.05) is 57.2 Å². The van der Waals surface area contributed by atoms with E-state index in [0.717, 1.165) is 21.0 Å². The number of ether oxygens (including phenoxy) is 3. The van der Waals surface area contributed by atoms with Gasteiger partial charge in [-0.15, -0.1) is 23.1 Å². The largest absolute Gasteiger partial charge is 0.493 e. The second-order valence-electron chi connectivity index (χ2n) is 11.4. The van der Waals surface area contributed by atoms with E-state index in [1.165, 1.54) is 56.1 Å². The van der Waals surface area contributed by atoms with Gasteiger partial charge in [0.2, 0.25) is 11.7 Å². The Morgan fingerprint density at radius 1 is 0.824 bits per heavy atom. The minimum absolute atomic E-state index is 0.00942. The molecule has 0 saturated heterocycles. The van der Waals surface area contributed by atoms with Gasteiger partial charge in [-0.25, -0.2) is 4.98 Å². The maximum absolute atomic E-state index is 13.6. The molecule has 5 aromatic rings. The summed E-state index contributed by atoms with van der Waals surface area (Å²) in [5.41, 5.74) is 4.43. The average molecular weight is 723 g/mol. The van der Waals surface area contributed by atoms with Gasteiger partial charge < -0.3 is 30.2 Å². The molecule has 3 amide bonds. The zero-order valence-corrected chi connectivity index (χ0v) is 30.7. The summed E-state index contributed by atoms with van der Waals surface area (Å²) in [4.78, 5) is 46.3. The predicted molar refractivity (Wildman–Crippen MR) is 204 cm³/mol. The summed E-state index contributed by atoms with van der Waals surface area (Å²) < 4.78 is 16.3. The van der Waals surface area contributed by atoms with Gasteiger partial charge in [-0.1, -0.05) is 48.0 Å². The first-order chi connectivity index (χ1) is 24.6. The van der Waals surface area contributed by atoms with E-state index >= 15 is 0 Å². The molecular formula is C39H38N4O6S2. The monoisotopic (exact) mass is 722 g/mol. The highest BCUT2D eigenvalue weighted by atomic mass is 32.2. The van der Waals surface area contributed by atoms with Crippen molar-refractivity contribution < 1.29 is 28.6 Å². The third kappa shape index (κ3) is 9.35. The van der Waals surface area contributed by atoms with Gasteiger partial charge in [-0.05, 0) is 80.9 Å². The van der Waals surface area contributed by atoms with Crippen molar-refractivity contribution in [2.45, 2.75) is 30.9 Å². The highest BCUT2D eigenvalue weighted by Crippen LogP contribution is 2.39. The zero-order chi connectivity index (χ0) is 36.5. The van der Waals surface area contributed by atoms with Gasteiger partial charge in [0.1, 0.15) is 5.70 Å². The van der Waals surface area contributed by atoms with Crippen molar-refractivity contribution in [1.29, 1.82) is 0 Å². The Bertz CT molecular complexity index is 2020. The van der Waals surface area contributed by atoms with Crippen molar-refractivity contribution >= 4 is 57.7 Å². The van der Waals surface area contributed by atoms with E-state index in [9.17, 15) is 14.4 Å². The second kappa shape index (κ2) is 16.9. The van der Waals surface area contributed by atoms with Crippen molar-refractivity contribution in [3.05, 3.63) is 118 Å². The molecule has 1 unspecified atom stereocenters. The Labute approximate surface area is 305 Å². The second-order valence-corrected chi connectivity index (χ2v) is 14.0. The SMILES string of the molecule is COc1cc(/C=C(\NC(=O)c2ccccc2)C(=O)Nc2ccc(SC(C)C(=O)Nc3nc(-c4ccc(C)cc4)c(C)s3)cc2)cc(OC)c1OC. The smallest absolute Gasteiger partial charge is 0.272 e. The van der Waals surface area contributed by atoms with Gasteiger partial charge in [0, 0.05) is 26.6 Å². The highest BCUT2D eigenvalue weighted by molar-refractivity contribution is 8.00. The zero-order valence-electron chi connectivity index (χ0n) is 29.0. The molecule has 1 aromatic heterocycles. The predicted octanol–water partition coefficient (Wildman–Crippen LogP) is 7.98. The molecule has 1 heterocycles. The number of anilines is 2. The van der Waals surface area contributed by atoms with Crippen molar-refractivity contribution in [2.24, 2.45) is 0 Å². The van der Waals surface area contributed by atoms with Crippen molar-refractivity contribution in [2.75, 3.05) is 32.0 Å². The third-order valence-corrected chi connectivity index (χ3v) is 9.67. The van der Waals surface area contributed by atoms with E-state index in [-0.39, 0.29) is 11.6 Å². The van der Waals surface area contributed by atoms with Crippen molar-refractivity contribution in [1.82, 2.24) is 10.3 Å². The van der Waals surface area contributed by atoms with E-state index in [4.69, 9.17) is 14.2 Å². The lowest BCUT2D eigenvalue weighted by Gasteiger charge is -2.15. The number of rotatable bonds is 13. The Hall–Kier alpha value is -5.59. The summed E-state index contributed by atoms with van der Waals surface area (Å²) in [7, 11) is 4.49. The van der Waals surface area contributed by atoms with Crippen LogP contribution in [0.25, 0.3) is 17.3 Å². The van der Waals surface area contributed by atoms with Gasteiger partial charge in [0.15, 0.2) is 16.6 Å². The molecule has 4 aromatic carbocycles. The third-order valence-electron chi connectivity index (χ3n) is 7.67. The summed E-state index contributed by atoms with van der Waals surface area (Å²) in [5, 5.41) is 8.67. The quantitative estimate of drug-likeness (QED) is 0.0825. The van der Waals surface area contributed by atoms with Gasteiger partial charge in [0.25, 0.3) is 11.8 Å². The lowest BCUT2D eigenvalue weighted by Crippen LogP contribution is -2.30. The standard InChI is InChI=1S/C39H38N4O6S2/c1-23-12-14-27(15-13-23)34-24(2)51-39(42-34)43-36(44)25(3)50-30-18-16-29(17-19-30)40-38(46)31(41-37(45)28-10-8-7-9-11-28)20-26-21-32(47-4)35(49-6)33(22-26)48-5/h7-22,25H,1-6H3,(H,40,46)(H,41,45)(H,42,43,44)/b31-20-. The topological polar surface area (TPSA) is 128 Å². The van der Waals surface area contributed by atoms with Gasteiger partial charge in [0.05, 0.1) is 32.3 Å². The molecule has 1 atom stereocenters. The number of benzene rings is 4. The van der Waals surface area contributed by atoms with Crippen LogP contribution in [0.3, 0.4) is 0 Å². The Kier molecular flexibility index (Phi) is 12.1. The lowest BCUT2D eigenvalue weighted by molar-refractivity contribution is -0.115. The minimum atomic E-state index is -0.551. The number of nitrogens with one attached hydrogen (secondary N) is 3. The first-order valence-electron chi connectivity index (χ1n) is 15.9. The number of hydrogen-bond donors (Lipinski definition) is 3. The summed E-state index contributed by atoms with van der Waals surface area (Å²) in [6.07, 6.45) is 1.53. The number of carbonyl (C=O) groups is 3. The molecular weight excluding hydrogens is 685 g/mol. The summed E-state index contributed by atoms with van der Waals surface area (Å²) in [6, 6.07) is 27.2. The van der Waals surface area contributed by atoms with Crippen LogP contribution in [0.5, 0.6) is 17.2 Å². The van der Waals surface area contributed by atoms with Gasteiger partial charge in [-0.3, -0.25) is 14.4 Å². The molecule has 0 saturated carbocycles. The van der Waals surface area contributed by atoms with Crippen LogP contribution in [0.2, 0.25) is 0 Å². The summed E-state index contributed by atoms with van der Waals surface area (Å²) >= 11 is 2.82. The molecule has 5 rings (SSSR count). The van der Waals surface area contributed by atoms with E-state index < -0.39 is 17.1 Å². The number of nitrogens with zero attached hydrogens (tertiary/aromatic N) is 1. The van der Waals surface area contributed by atoms with Gasteiger partial charge >= 0.3 is 0 Å². The molecule has 0 aliphatic carbocycles. The molecule has 10 nitrogen and oxygen atoms in total. The van der Waals surface area contributed by atoms with Crippen LogP contribution in [0.15, 0.2) is 102 Å². The maximum Gasteiger partial charge on any atom is 0.272 e. The highest BCUT2D eigenvalue weighted by Gasteiger charge is 2.20. The first-order valence-corrected chi connectivity index (χ1v) is 17.6. The molecule has 3 N–H and O–H groups in total. The Morgan fingerprint density at radius 3 is 2.08 bits per heavy atom. The molecule has 51 heavy (non-hydrogen) atoms. The molecule has 0 radical (unpaired) electrons. The van der Waals surface area contributed by atoms with E-state index in [0.29, 0.717) is 39.2 Å². The maximum atomic E-state index is 13.6. The Morgan fingerprint density at radius 2 is 1.47 bits per heavy atom. The number of thioether (sulfide) groups is 1. The van der Waals surface area contributed by atoms with Crippen LogP contribution in [0, 0.1) is 13.8 Å². The number of hydrogen-bond acceptors (Lipinski definition) is 9. The molecule has 0 fully saturated rings. The number of carbonyl (C=O) groups excluding carboxylic acids is 3. The van der Waals surface area contributed by atoms with Crippen LogP contribution in [-0.2, 0) is 9.59 Å². The van der Waals surface area contributed by atoms with Crippen molar-refractivity contribution in [3.8, 4) is 28.5 Å². The summed E-state index contributed by atoms with van der Waals surface area (Å²) in [5.74, 6) is 0.000705. The van der Waals surface area contributed by atoms with Crippen LogP contribution >= 0.6 is 23.1 Å². The van der Waals surface area contributed by atoms with E-state index in [1.54, 1.807) is 54.6 Å². The molecule has 0 spiro atoms. The normalized spacial score (nSPS) is 11.7. The van der Waals surface area contributed by atoms with Crippen LogP contribution < -0.4 is 30.2 Å². The number of methoxy groups -OCH3 is 3. The van der Waals surface area contributed by atoms with Crippen LogP contribution in [-0.4, -0.2) is 49.3 Å². The molecule has 12 heteroatoms. The molecule has 0 aliphatic rings. The van der Waals surface area contributed by atoms with Crippen LogP contribution in [0.4, 0.5) is 10.8 Å². The summed E-state index contributed by atoms with van der Waals surface area (Å²) in [6.45, 7) is 5.85. The van der Waals surface area contributed by atoms with Gasteiger partial charge in [-0.2, -0.15) is 0 Å². The van der Waals surface area contributed by atoms with Crippen LogP contribution in [0.1, 0.15) is 33.3 Å². The fourth-order valence-electron chi connectivity index (χ4n) is 5.00. The molecule has 262 valence electrons. The lowest BCUT2D eigenvalue weighted by atomic mass is 10.1. The number of thiazole rings is 1.